The van der Waals surface area contributed by atoms with Gasteiger partial charge in [0.25, 0.3) is 11.8 Å². The van der Waals surface area contributed by atoms with Crippen LogP contribution >= 0.6 is 0 Å². The Bertz CT molecular complexity index is 3910. The molecular formula is C58H76N2O27S6. The lowest BCUT2D eigenvalue weighted by atomic mass is 10.2. The van der Waals surface area contributed by atoms with Crippen LogP contribution in [0.5, 0.6) is 0 Å². The van der Waals surface area contributed by atoms with Gasteiger partial charge in [-0.05, 0) is 125 Å². The number of rotatable bonds is 26. The van der Waals surface area contributed by atoms with E-state index in [-0.39, 0.29) is 46.0 Å². The Morgan fingerprint density at radius 1 is 0.387 bits per heavy atom. The molecular weight excluding hydrogens is 1350 g/mol. The SMILES string of the molecule is C=C(OS(=O)(=O)O)C(=O)OCC.C=C(OS(=O)(=O)c1ccc(C)cc1)C(=O)N(C)CC.C=C(OS(=O)(=O)c1ccc(C)cc1)C(=O)OCC.C=C(OS(=O)(=O)c1ccc(C)cc1)c1ccccc1.C=C(OS(C)(=O)=O)C(=O)N(C)CC.C=C(OS(C)(=O)=O)C(=O)OCC. The van der Waals surface area contributed by atoms with Crippen molar-refractivity contribution in [3.05, 3.63) is 194 Å². The Kier molecular flexibility index (Phi) is 37.2. The van der Waals surface area contributed by atoms with Crippen LogP contribution in [0, 0.1) is 20.8 Å². The maximum atomic E-state index is 12.0. The van der Waals surface area contributed by atoms with E-state index in [0.717, 1.165) is 29.2 Å². The normalized spacial score (nSPS) is 10.8. The Hall–Kier alpha value is -8.87. The predicted molar refractivity (Wildman–Crippen MR) is 341 cm³/mol. The van der Waals surface area contributed by atoms with Crippen LogP contribution < -0.4 is 0 Å². The van der Waals surface area contributed by atoms with E-state index in [0.29, 0.717) is 18.7 Å². The number of nitrogens with zero attached hydrogens (tertiary/aromatic N) is 2. The Balaban J connectivity index is 0. The minimum absolute atomic E-state index is 0.00815. The van der Waals surface area contributed by atoms with E-state index in [4.69, 9.17) is 12.9 Å². The highest BCUT2D eigenvalue weighted by Crippen LogP contribution is 2.22. The molecule has 1 N–H and O–H groups in total. The summed E-state index contributed by atoms with van der Waals surface area (Å²) in [5, 5.41) is 0. The Labute approximate surface area is 544 Å². The quantitative estimate of drug-likeness (QED) is 0.0170. The van der Waals surface area contributed by atoms with Gasteiger partial charge in [-0.1, -0.05) is 90.0 Å². The van der Waals surface area contributed by atoms with Gasteiger partial charge in [0.1, 0.15) is 20.4 Å². The van der Waals surface area contributed by atoms with Crippen LogP contribution in [-0.4, -0.2) is 154 Å². The summed E-state index contributed by atoms with van der Waals surface area (Å²) in [5.41, 5.74) is 3.47. The summed E-state index contributed by atoms with van der Waals surface area (Å²) in [5.74, 6) is -6.44. The molecule has 35 heteroatoms. The van der Waals surface area contributed by atoms with Crippen molar-refractivity contribution in [3.63, 3.8) is 0 Å². The zero-order valence-corrected chi connectivity index (χ0v) is 57.9. The molecule has 0 aliphatic heterocycles. The van der Waals surface area contributed by atoms with Gasteiger partial charge in [0.2, 0.25) is 23.0 Å². The number of aryl methyl sites for hydroxylation is 3. The molecule has 0 saturated carbocycles. The zero-order valence-electron chi connectivity index (χ0n) is 53.0. The van der Waals surface area contributed by atoms with E-state index in [1.165, 1.54) is 67.2 Å². The molecule has 0 spiro atoms. The lowest BCUT2D eigenvalue weighted by molar-refractivity contribution is -0.141. The van der Waals surface area contributed by atoms with Crippen LogP contribution in [0.2, 0.25) is 0 Å². The zero-order chi connectivity index (χ0) is 72.5. The molecule has 0 saturated heterocycles. The number of hydrogen-bond acceptors (Lipinski definition) is 26. The minimum atomic E-state index is -4.69. The number of hydrogen-bond donors (Lipinski definition) is 1. The monoisotopic (exact) mass is 1420 g/mol. The summed E-state index contributed by atoms with van der Waals surface area (Å²) in [6.07, 6.45) is 1.68. The average molecular weight is 1430 g/mol. The second kappa shape index (κ2) is 40.2. The molecule has 0 bridgehead atoms. The molecule has 0 aromatic heterocycles. The first kappa shape index (κ1) is 86.2. The summed E-state index contributed by atoms with van der Waals surface area (Å²) in [4.78, 5) is 58.0. The van der Waals surface area contributed by atoms with Crippen molar-refractivity contribution >= 4 is 96.5 Å². The molecule has 4 aromatic rings. The van der Waals surface area contributed by atoms with Crippen molar-refractivity contribution in [3.8, 4) is 0 Å². The van der Waals surface area contributed by atoms with Crippen molar-refractivity contribution in [2.75, 3.05) is 59.5 Å². The van der Waals surface area contributed by atoms with Crippen molar-refractivity contribution < 1.29 is 118 Å². The summed E-state index contributed by atoms with van der Waals surface area (Å²) >= 11 is 0. The third-order valence-corrected chi connectivity index (χ3v) is 15.2. The fourth-order valence-corrected chi connectivity index (χ4v) is 9.26. The number of ether oxygens (including phenoxy) is 3. The van der Waals surface area contributed by atoms with Gasteiger partial charge in [-0.25, -0.2) is 14.4 Å². The number of likely N-dealkylation sites (N-methyl/N-ethyl adjacent to an activating group) is 2. The van der Waals surface area contributed by atoms with Crippen LogP contribution in [0.1, 0.15) is 56.9 Å². The second-order valence-electron chi connectivity index (χ2n) is 17.8. The molecule has 0 unspecified atom stereocenters. The van der Waals surface area contributed by atoms with Gasteiger partial charge in [-0.15, -0.1) is 0 Å². The summed E-state index contributed by atoms with van der Waals surface area (Å²) in [7, 11) is -20.8. The molecule has 4 rings (SSSR count). The number of carbonyl (C=O) groups is 5. The number of carbonyl (C=O) groups excluding carboxylic acids is 5. The van der Waals surface area contributed by atoms with Crippen molar-refractivity contribution in [2.45, 2.75) is 70.1 Å². The fourth-order valence-electron chi connectivity index (χ4n) is 5.34. The van der Waals surface area contributed by atoms with Crippen LogP contribution in [-0.2, 0) is 124 Å². The summed E-state index contributed by atoms with van der Waals surface area (Å²) in [6.45, 7) is 34.5. The number of benzene rings is 4. The molecule has 93 heavy (non-hydrogen) atoms. The van der Waals surface area contributed by atoms with Crippen molar-refractivity contribution in [1.82, 2.24) is 9.80 Å². The van der Waals surface area contributed by atoms with Crippen LogP contribution in [0.3, 0.4) is 0 Å². The van der Waals surface area contributed by atoms with E-state index in [1.807, 2.05) is 26.8 Å². The average Bonchev–Trinajstić information content (AvgIpc) is 0.858. The highest BCUT2D eigenvalue weighted by Gasteiger charge is 2.24. The van der Waals surface area contributed by atoms with Gasteiger partial charge < -0.3 is 49.1 Å². The smallest absolute Gasteiger partial charge is 0.446 e. The molecule has 0 aliphatic rings. The topological polar surface area (TPSA) is 400 Å². The van der Waals surface area contributed by atoms with Crippen molar-refractivity contribution in [2.24, 2.45) is 0 Å². The lowest BCUT2D eigenvalue weighted by Gasteiger charge is -2.16. The van der Waals surface area contributed by atoms with E-state index in [9.17, 15) is 74.5 Å². The van der Waals surface area contributed by atoms with Gasteiger partial charge in [-0.2, -0.15) is 50.5 Å². The van der Waals surface area contributed by atoms with Gasteiger partial charge >= 0.3 is 78.9 Å². The molecule has 0 atom stereocenters. The van der Waals surface area contributed by atoms with Gasteiger partial charge in [-0.3, -0.25) is 14.1 Å². The molecule has 4 aromatic carbocycles. The fraction of sp³-hybridized carbons (Fsp3) is 0.293. The molecule has 0 aliphatic carbocycles. The van der Waals surface area contributed by atoms with Crippen LogP contribution in [0.15, 0.2) is 186 Å². The largest absolute Gasteiger partial charge is 0.460 e. The maximum absolute atomic E-state index is 12.0. The first-order chi connectivity index (χ1) is 42.6. The molecule has 516 valence electrons. The standard InChI is InChI=1S/C15H14O3S.C13H17NO4S.C12H14O5S.C7H13NO4S.C6H10O5S.C5H8O6S/c1-12-8-10-15(11-9-12)19(16,17)18-13(2)14-6-4-3-5-7-14;1-5-14(4)13(15)11(3)18-19(16,17)12-8-6-10(2)7-9-12;1-4-16-12(13)10(3)17-18(14,15)11-7-5-9(2)6-8-11;1-5-8(3)7(9)6(2)12-13(4,10)11;1-4-10-6(7)5(2)11-12(3,8)9;1-3-10-5(6)4(2)11-12(7,8)9/h3-11H,2H2,1H3;6-9H,3,5H2,1-2,4H3;5-8H,3-4H2,1-2H3;2,5H2,1,3-4H3;2,4H2,1,3H3;2-3H2,1H3,(H,7,8,9). The summed E-state index contributed by atoms with van der Waals surface area (Å²) in [6, 6.07) is 27.6. The predicted octanol–water partition coefficient (Wildman–Crippen LogP) is 6.72. The third-order valence-electron chi connectivity index (χ3n) is 9.99. The van der Waals surface area contributed by atoms with Crippen LogP contribution in [0.4, 0.5) is 0 Å². The molecule has 29 nitrogen and oxygen atoms in total. The highest BCUT2D eigenvalue weighted by molar-refractivity contribution is 7.87. The van der Waals surface area contributed by atoms with Gasteiger partial charge in [0.15, 0.2) is 5.76 Å². The molecule has 2 amide bonds. The van der Waals surface area contributed by atoms with Gasteiger partial charge in [0.05, 0.1) is 32.3 Å². The second-order valence-corrected chi connectivity index (χ2v) is 26.7. The minimum Gasteiger partial charge on any atom is -0.460 e. The molecule has 0 fully saturated rings. The first-order valence-corrected chi connectivity index (χ1v) is 35.6. The number of esters is 3. The highest BCUT2D eigenvalue weighted by atomic mass is 32.3. The van der Waals surface area contributed by atoms with E-state index in [2.05, 4.69) is 70.4 Å². The Morgan fingerprint density at radius 2 is 0.645 bits per heavy atom. The molecule has 0 heterocycles. The van der Waals surface area contributed by atoms with E-state index in [1.54, 1.807) is 88.4 Å². The lowest BCUT2D eigenvalue weighted by Crippen LogP contribution is -2.29. The van der Waals surface area contributed by atoms with Crippen LogP contribution in [0.25, 0.3) is 5.76 Å². The Morgan fingerprint density at radius 3 is 0.925 bits per heavy atom. The number of amides is 2. The van der Waals surface area contributed by atoms with Gasteiger partial charge in [0, 0.05) is 32.7 Å². The molecule has 0 radical (unpaired) electrons. The van der Waals surface area contributed by atoms with E-state index >= 15 is 0 Å². The first-order valence-electron chi connectivity index (χ1n) is 26.3. The maximum Gasteiger partial charge on any atom is 0.446 e. The van der Waals surface area contributed by atoms with E-state index < -0.39 is 114 Å². The van der Waals surface area contributed by atoms with Crippen molar-refractivity contribution in [1.29, 1.82) is 0 Å². The summed E-state index contributed by atoms with van der Waals surface area (Å²) < 4.78 is 182. The third kappa shape index (κ3) is 36.7.